The standard InChI is InChI=1S/C19H30N2O5S/c1-18(2)14-5-6-19(18,16(22)12-14)13-27(24,25)21-9-7-20(8-10-21)17(23)15-4-3-11-26-15/h14-15H,3-13H2,1-2H3/t14-,15?,19?/m0/s1. The quantitative estimate of drug-likeness (QED) is 0.706. The van der Waals surface area contributed by atoms with E-state index < -0.39 is 15.4 Å². The minimum atomic E-state index is -3.54. The fourth-order valence-electron chi connectivity index (χ4n) is 5.67. The van der Waals surface area contributed by atoms with E-state index in [1.54, 1.807) is 4.90 Å². The highest BCUT2D eigenvalue weighted by molar-refractivity contribution is 7.89. The summed E-state index contributed by atoms with van der Waals surface area (Å²) in [5.74, 6) is 0.330. The first-order chi connectivity index (χ1) is 12.7. The lowest BCUT2D eigenvalue weighted by Crippen LogP contribution is -2.55. The van der Waals surface area contributed by atoms with Crippen molar-refractivity contribution in [2.75, 3.05) is 38.5 Å². The minimum Gasteiger partial charge on any atom is -0.368 e. The van der Waals surface area contributed by atoms with E-state index in [0.717, 1.165) is 19.3 Å². The second-order valence-corrected chi connectivity index (χ2v) is 11.1. The van der Waals surface area contributed by atoms with Gasteiger partial charge in [-0.25, -0.2) is 8.42 Å². The van der Waals surface area contributed by atoms with E-state index in [-0.39, 0.29) is 29.0 Å². The van der Waals surface area contributed by atoms with Crippen LogP contribution in [-0.4, -0.2) is 74.0 Å². The lowest BCUT2D eigenvalue weighted by molar-refractivity contribution is -0.142. The number of ketones is 1. The number of piperazine rings is 1. The van der Waals surface area contributed by atoms with Crippen LogP contribution in [0.2, 0.25) is 0 Å². The number of ether oxygens (including phenoxy) is 1. The van der Waals surface area contributed by atoms with Gasteiger partial charge < -0.3 is 9.64 Å². The average molecular weight is 399 g/mol. The van der Waals surface area contributed by atoms with Crippen molar-refractivity contribution in [3.63, 3.8) is 0 Å². The van der Waals surface area contributed by atoms with Gasteiger partial charge in [-0.05, 0) is 37.0 Å². The van der Waals surface area contributed by atoms with E-state index in [1.165, 1.54) is 4.31 Å². The second kappa shape index (κ2) is 6.52. The van der Waals surface area contributed by atoms with Crippen LogP contribution in [0.1, 0.15) is 46.0 Å². The predicted molar refractivity (Wildman–Crippen MR) is 99.5 cm³/mol. The summed E-state index contributed by atoms with van der Waals surface area (Å²) in [6.07, 6.45) is 3.43. The Hall–Kier alpha value is -0.990. The molecule has 2 aliphatic heterocycles. The summed E-state index contributed by atoms with van der Waals surface area (Å²) < 4.78 is 33.2. The molecule has 2 bridgehead atoms. The van der Waals surface area contributed by atoms with Gasteiger partial charge in [-0.3, -0.25) is 9.59 Å². The highest BCUT2D eigenvalue weighted by Gasteiger charge is 2.65. The first kappa shape index (κ1) is 19.3. The van der Waals surface area contributed by atoms with Crippen molar-refractivity contribution in [3.05, 3.63) is 0 Å². The number of amides is 1. The topological polar surface area (TPSA) is 84.0 Å². The molecule has 2 unspecified atom stereocenters. The van der Waals surface area contributed by atoms with Crippen LogP contribution in [0.15, 0.2) is 0 Å². The molecule has 2 aliphatic carbocycles. The van der Waals surface area contributed by atoms with Crippen LogP contribution in [0.3, 0.4) is 0 Å². The van der Waals surface area contributed by atoms with Gasteiger partial charge in [0, 0.05) is 44.6 Å². The zero-order valence-corrected chi connectivity index (χ0v) is 17.1. The maximum atomic E-state index is 13.1. The van der Waals surface area contributed by atoms with E-state index in [4.69, 9.17) is 4.74 Å². The van der Waals surface area contributed by atoms with Gasteiger partial charge in [0.25, 0.3) is 5.91 Å². The molecule has 0 N–H and O–H groups in total. The monoisotopic (exact) mass is 398 g/mol. The van der Waals surface area contributed by atoms with Crippen LogP contribution in [0.4, 0.5) is 0 Å². The van der Waals surface area contributed by atoms with Crippen molar-refractivity contribution >= 4 is 21.7 Å². The van der Waals surface area contributed by atoms with Crippen LogP contribution in [0.5, 0.6) is 0 Å². The summed E-state index contributed by atoms with van der Waals surface area (Å²) in [6, 6.07) is 0. The Morgan fingerprint density at radius 2 is 1.89 bits per heavy atom. The van der Waals surface area contributed by atoms with Crippen molar-refractivity contribution in [2.24, 2.45) is 16.7 Å². The molecule has 27 heavy (non-hydrogen) atoms. The molecule has 152 valence electrons. The minimum absolute atomic E-state index is 0.0196. The predicted octanol–water partition coefficient (Wildman–Crippen LogP) is 1.03. The number of nitrogens with zero attached hydrogens (tertiary/aromatic N) is 2. The molecule has 0 radical (unpaired) electrons. The van der Waals surface area contributed by atoms with Crippen molar-refractivity contribution in [3.8, 4) is 0 Å². The van der Waals surface area contributed by atoms with E-state index >= 15 is 0 Å². The summed E-state index contributed by atoms with van der Waals surface area (Å²) in [5, 5.41) is 0. The summed E-state index contributed by atoms with van der Waals surface area (Å²) in [5.41, 5.74) is -0.990. The zero-order chi connectivity index (χ0) is 19.4. The molecule has 4 fully saturated rings. The molecular formula is C19H30N2O5S. The number of sulfonamides is 1. The zero-order valence-electron chi connectivity index (χ0n) is 16.3. The highest BCUT2D eigenvalue weighted by Crippen LogP contribution is 2.64. The molecule has 3 atom stereocenters. The van der Waals surface area contributed by atoms with Gasteiger partial charge in [-0.15, -0.1) is 0 Å². The number of carbonyl (C=O) groups is 2. The first-order valence-corrected chi connectivity index (χ1v) is 11.7. The molecule has 4 aliphatic rings. The number of Topliss-reactive ketones (excluding diaryl/α,β-unsaturated/α-hetero) is 1. The molecule has 2 saturated heterocycles. The largest absolute Gasteiger partial charge is 0.368 e. The Morgan fingerprint density at radius 1 is 1.19 bits per heavy atom. The first-order valence-electron chi connectivity index (χ1n) is 10.1. The summed E-state index contributed by atoms with van der Waals surface area (Å²) >= 11 is 0. The van der Waals surface area contributed by atoms with Crippen LogP contribution in [-0.2, 0) is 24.3 Å². The maximum Gasteiger partial charge on any atom is 0.251 e. The summed E-state index contributed by atoms with van der Waals surface area (Å²) in [7, 11) is -3.54. The van der Waals surface area contributed by atoms with Crippen molar-refractivity contribution in [1.29, 1.82) is 0 Å². The van der Waals surface area contributed by atoms with Crippen LogP contribution >= 0.6 is 0 Å². The normalized spacial score (nSPS) is 36.5. The number of fused-ring (bicyclic) bond motifs is 2. The lowest BCUT2D eigenvalue weighted by atomic mass is 9.70. The van der Waals surface area contributed by atoms with Crippen molar-refractivity contribution in [2.45, 2.75) is 52.1 Å². The SMILES string of the molecule is CC1(C)[C@H]2CCC1(CS(=O)(=O)N1CCN(C(=O)C3CCCO3)CC1)C(=O)C2. The fourth-order valence-corrected chi connectivity index (χ4v) is 7.88. The Labute approximate surface area is 161 Å². The molecule has 0 aromatic heterocycles. The van der Waals surface area contributed by atoms with Gasteiger partial charge in [-0.1, -0.05) is 13.8 Å². The molecule has 8 heteroatoms. The Morgan fingerprint density at radius 3 is 2.41 bits per heavy atom. The molecule has 2 heterocycles. The van der Waals surface area contributed by atoms with Gasteiger partial charge >= 0.3 is 0 Å². The number of carbonyl (C=O) groups excluding carboxylic acids is 2. The van der Waals surface area contributed by atoms with Gasteiger partial charge in [0.1, 0.15) is 11.9 Å². The molecule has 2 saturated carbocycles. The number of rotatable bonds is 4. The van der Waals surface area contributed by atoms with Crippen LogP contribution in [0.25, 0.3) is 0 Å². The molecule has 7 nitrogen and oxygen atoms in total. The Kier molecular flexibility index (Phi) is 4.67. The molecular weight excluding hydrogens is 368 g/mol. The summed E-state index contributed by atoms with van der Waals surface area (Å²) in [4.78, 5) is 26.8. The lowest BCUT2D eigenvalue weighted by Gasteiger charge is -2.40. The van der Waals surface area contributed by atoms with Gasteiger partial charge in [0.2, 0.25) is 10.0 Å². The summed E-state index contributed by atoms with van der Waals surface area (Å²) in [6.45, 7) is 6.13. The molecule has 0 aromatic rings. The van der Waals surface area contributed by atoms with Crippen molar-refractivity contribution in [1.82, 2.24) is 9.21 Å². The van der Waals surface area contributed by atoms with E-state index in [9.17, 15) is 18.0 Å². The van der Waals surface area contributed by atoms with Gasteiger partial charge in [0.05, 0.1) is 5.75 Å². The van der Waals surface area contributed by atoms with E-state index in [1.807, 2.05) is 0 Å². The second-order valence-electron chi connectivity index (χ2n) is 9.15. The average Bonchev–Trinajstić information content (AvgIpc) is 3.28. The molecule has 1 amide bonds. The van der Waals surface area contributed by atoms with Crippen LogP contribution in [0, 0.1) is 16.7 Å². The number of hydrogen-bond acceptors (Lipinski definition) is 5. The molecule has 0 aromatic carbocycles. The van der Waals surface area contributed by atoms with E-state index in [2.05, 4.69) is 13.8 Å². The Balaban J connectivity index is 1.42. The number of hydrogen-bond donors (Lipinski definition) is 0. The van der Waals surface area contributed by atoms with Crippen molar-refractivity contribution < 1.29 is 22.7 Å². The molecule has 4 rings (SSSR count). The molecule has 0 spiro atoms. The third kappa shape index (κ3) is 2.95. The smallest absolute Gasteiger partial charge is 0.251 e. The van der Waals surface area contributed by atoms with Gasteiger partial charge in [0.15, 0.2) is 0 Å². The maximum absolute atomic E-state index is 13.1. The third-order valence-electron chi connectivity index (χ3n) is 7.72. The van der Waals surface area contributed by atoms with E-state index in [0.29, 0.717) is 51.5 Å². The van der Waals surface area contributed by atoms with Crippen LogP contribution < -0.4 is 0 Å². The Bertz CT molecular complexity index is 735. The fraction of sp³-hybridized carbons (Fsp3) is 0.895. The third-order valence-corrected chi connectivity index (χ3v) is 9.73. The highest BCUT2D eigenvalue weighted by atomic mass is 32.2. The van der Waals surface area contributed by atoms with Gasteiger partial charge in [-0.2, -0.15) is 4.31 Å².